The molecule has 5 nitrogen and oxygen atoms in total. The smallest absolute Gasteiger partial charge is 0.241 e. The molecule has 1 atom stereocenters. The Morgan fingerprint density at radius 1 is 1.16 bits per heavy atom. The third kappa shape index (κ3) is 3.54. The van der Waals surface area contributed by atoms with E-state index >= 15 is 0 Å². The monoisotopic (exact) mass is 261 g/mol. The van der Waals surface area contributed by atoms with Crippen molar-refractivity contribution in [3.63, 3.8) is 0 Å². The van der Waals surface area contributed by atoms with Crippen molar-refractivity contribution < 1.29 is 9.59 Å². The van der Waals surface area contributed by atoms with Crippen molar-refractivity contribution >= 4 is 23.2 Å². The highest BCUT2D eigenvalue weighted by Crippen LogP contribution is 2.18. The number of carbonyl (C=O) groups is 2. The minimum absolute atomic E-state index is 0.0324. The molecule has 0 aromatic heterocycles. The van der Waals surface area contributed by atoms with Crippen LogP contribution in [0.4, 0.5) is 11.4 Å². The first-order valence-electron chi connectivity index (χ1n) is 6.45. The van der Waals surface area contributed by atoms with Crippen molar-refractivity contribution in [3.05, 3.63) is 24.3 Å². The Hall–Kier alpha value is -1.88. The summed E-state index contributed by atoms with van der Waals surface area (Å²) in [6, 6.07) is 7.09. The van der Waals surface area contributed by atoms with Crippen molar-refractivity contribution in [3.8, 4) is 0 Å². The van der Waals surface area contributed by atoms with E-state index in [1.807, 2.05) is 7.05 Å². The molecule has 2 amide bonds. The van der Waals surface area contributed by atoms with Gasteiger partial charge in [0.2, 0.25) is 11.8 Å². The number of likely N-dealkylation sites (tertiary alicyclic amines) is 1. The first-order valence-corrected chi connectivity index (χ1v) is 6.45. The molecule has 1 heterocycles. The molecule has 1 aromatic rings. The summed E-state index contributed by atoms with van der Waals surface area (Å²) in [5.74, 6) is -0.0726. The van der Waals surface area contributed by atoms with Crippen molar-refractivity contribution in [2.45, 2.75) is 25.8 Å². The van der Waals surface area contributed by atoms with Gasteiger partial charge in [0, 0.05) is 18.3 Å². The molecule has 102 valence electrons. The predicted octanol–water partition coefficient (Wildman–Crippen LogP) is 1.68. The average Bonchev–Trinajstić information content (AvgIpc) is 2.77. The molecule has 19 heavy (non-hydrogen) atoms. The second-order valence-electron chi connectivity index (χ2n) is 4.89. The number of nitrogens with zero attached hydrogens (tertiary/aromatic N) is 1. The van der Waals surface area contributed by atoms with Crippen LogP contribution in [0.2, 0.25) is 0 Å². The molecule has 0 saturated carbocycles. The molecule has 2 rings (SSSR count). The van der Waals surface area contributed by atoms with E-state index in [4.69, 9.17) is 0 Å². The highest BCUT2D eigenvalue weighted by molar-refractivity contribution is 5.95. The van der Waals surface area contributed by atoms with Gasteiger partial charge < -0.3 is 10.6 Å². The van der Waals surface area contributed by atoms with Crippen LogP contribution in [0.15, 0.2) is 24.3 Å². The lowest BCUT2D eigenvalue weighted by Crippen LogP contribution is -2.37. The first kappa shape index (κ1) is 13.5. The number of hydrogen-bond acceptors (Lipinski definition) is 3. The maximum Gasteiger partial charge on any atom is 0.241 e. The maximum absolute atomic E-state index is 12.1. The molecule has 0 bridgehead atoms. The molecular formula is C14H19N3O2. The zero-order chi connectivity index (χ0) is 13.8. The summed E-state index contributed by atoms with van der Waals surface area (Å²) in [7, 11) is 1.97. The van der Waals surface area contributed by atoms with Gasteiger partial charge in [0.15, 0.2) is 0 Å². The van der Waals surface area contributed by atoms with Crippen LogP contribution in [0.25, 0.3) is 0 Å². The average molecular weight is 261 g/mol. The fourth-order valence-electron chi connectivity index (χ4n) is 2.31. The van der Waals surface area contributed by atoms with Crippen molar-refractivity contribution in [1.82, 2.24) is 4.90 Å². The minimum atomic E-state index is -0.107. The van der Waals surface area contributed by atoms with Gasteiger partial charge in [-0.3, -0.25) is 14.5 Å². The fourth-order valence-corrected chi connectivity index (χ4v) is 2.31. The van der Waals surface area contributed by atoms with E-state index in [0.717, 1.165) is 30.8 Å². The standard InChI is InChI=1S/C14H19N3O2/c1-10(18)15-11-5-7-12(8-6-11)16-14(19)13-4-3-9-17(13)2/h5-8,13H,3-4,9H2,1-2H3,(H,15,18)(H,16,19). The number of rotatable bonds is 3. The molecule has 0 aliphatic carbocycles. The third-order valence-electron chi connectivity index (χ3n) is 3.30. The number of amides is 2. The lowest BCUT2D eigenvalue weighted by Gasteiger charge is -2.18. The van der Waals surface area contributed by atoms with Gasteiger partial charge in [-0.25, -0.2) is 0 Å². The minimum Gasteiger partial charge on any atom is -0.326 e. The Kier molecular flexibility index (Phi) is 4.16. The van der Waals surface area contributed by atoms with Gasteiger partial charge in [-0.05, 0) is 50.7 Å². The zero-order valence-corrected chi connectivity index (χ0v) is 11.3. The molecule has 1 unspecified atom stereocenters. The fraction of sp³-hybridized carbons (Fsp3) is 0.429. The van der Waals surface area contributed by atoms with E-state index in [2.05, 4.69) is 15.5 Å². The lowest BCUT2D eigenvalue weighted by atomic mass is 10.2. The van der Waals surface area contributed by atoms with Crippen LogP contribution in [-0.2, 0) is 9.59 Å². The molecule has 0 spiro atoms. The van der Waals surface area contributed by atoms with Crippen LogP contribution >= 0.6 is 0 Å². The van der Waals surface area contributed by atoms with Gasteiger partial charge >= 0.3 is 0 Å². The van der Waals surface area contributed by atoms with E-state index in [1.165, 1.54) is 6.92 Å². The van der Waals surface area contributed by atoms with Crippen molar-refractivity contribution in [1.29, 1.82) is 0 Å². The Morgan fingerprint density at radius 2 is 1.74 bits per heavy atom. The molecule has 2 N–H and O–H groups in total. The summed E-state index contributed by atoms with van der Waals surface area (Å²) in [6.45, 7) is 2.44. The summed E-state index contributed by atoms with van der Waals surface area (Å²) >= 11 is 0. The van der Waals surface area contributed by atoms with Gasteiger partial charge in [-0.15, -0.1) is 0 Å². The first-order chi connectivity index (χ1) is 9.06. The summed E-state index contributed by atoms with van der Waals surface area (Å²) in [5, 5.41) is 5.59. The van der Waals surface area contributed by atoms with Gasteiger partial charge in [-0.2, -0.15) is 0 Å². The predicted molar refractivity (Wildman–Crippen MR) is 75.0 cm³/mol. The van der Waals surface area contributed by atoms with E-state index in [-0.39, 0.29) is 17.9 Å². The quantitative estimate of drug-likeness (QED) is 0.870. The molecule has 1 fully saturated rings. The summed E-state index contributed by atoms with van der Waals surface area (Å²) in [4.78, 5) is 25.0. The van der Waals surface area contributed by atoms with Crippen LogP contribution in [0.1, 0.15) is 19.8 Å². The normalized spacial score (nSPS) is 19.2. The highest BCUT2D eigenvalue weighted by Gasteiger charge is 2.27. The van der Waals surface area contributed by atoms with Crippen LogP contribution in [0.5, 0.6) is 0 Å². The van der Waals surface area contributed by atoms with Crippen LogP contribution in [-0.4, -0.2) is 36.3 Å². The third-order valence-corrected chi connectivity index (χ3v) is 3.30. The largest absolute Gasteiger partial charge is 0.326 e. The van der Waals surface area contributed by atoms with Crippen LogP contribution in [0, 0.1) is 0 Å². The van der Waals surface area contributed by atoms with E-state index in [9.17, 15) is 9.59 Å². The molecule has 1 aliphatic heterocycles. The van der Waals surface area contributed by atoms with Gasteiger partial charge in [0.25, 0.3) is 0 Å². The molecule has 1 aliphatic rings. The summed E-state index contributed by atoms with van der Waals surface area (Å²) < 4.78 is 0. The Morgan fingerprint density at radius 3 is 2.21 bits per heavy atom. The highest BCUT2D eigenvalue weighted by atomic mass is 16.2. The molecule has 0 radical (unpaired) electrons. The number of nitrogens with one attached hydrogen (secondary N) is 2. The molecule has 1 saturated heterocycles. The summed E-state index contributed by atoms with van der Waals surface area (Å²) in [6.07, 6.45) is 1.97. The summed E-state index contributed by atoms with van der Waals surface area (Å²) in [5.41, 5.74) is 1.47. The van der Waals surface area contributed by atoms with Crippen molar-refractivity contribution in [2.24, 2.45) is 0 Å². The number of hydrogen-bond donors (Lipinski definition) is 2. The number of benzene rings is 1. The zero-order valence-electron chi connectivity index (χ0n) is 11.3. The SMILES string of the molecule is CC(=O)Nc1ccc(NC(=O)C2CCCN2C)cc1. The van der Waals surface area contributed by atoms with Gasteiger partial charge in [-0.1, -0.05) is 0 Å². The van der Waals surface area contributed by atoms with Gasteiger partial charge in [0.05, 0.1) is 6.04 Å². The molecular weight excluding hydrogens is 242 g/mol. The van der Waals surface area contributed by atoms with E-state index in [1.54, 1.807) is 24.3 Å². The van der Waals surface area contributed by atoms with E-state index in [0.29, 0.717) is 0 Å². The number of anilines is 2. The van der Waals surface area contributed by atoms with Crippen LogP contribution < -0.4 is 10.6 Å². The number of carbonyl (C=O) groups excluding carboxylic acids is 2. The maximum atomic E-state index is 12.1. The topological polar surface area (TPSA) is 61.4 Å². The van der Waals surface area contributed by atoms with Crippen molar-refractivity contribution in [2.75, 3.05) is 24.2 Å². The molecule has 1 aromatic carbocycles. The van der Waals surface area contributed by atoms with E-state index < -0.39 is 0 Å². The van der Waals surface area contributed by atoms with Crippen LogP contribution in [0.3, 0.4) is 0 Å². The lowest BCUT2D eigenvalue weighted by molar-refractivity contribution is -0.120. The Balaban J connectivity index is 1.95. The Labute approximate surface area is 113 Å². The second-order valence-corrected chi connectivity index (χ2v) is 4.89. The Bertz CT molecular complexity index is 470. The van der Waals surface area contributed by atoms with Gasteiger partial charge in [0.1, 0.15) is 0 Å². The second kappa shape index (κ2) is 5.84. The molecule has 5 heteroatoms. The number of likely N-dealkylation sites (N-methyl/N-ethyl adjacent to an activating group) is 1.